The van der Waals surface area contributed by atoms with Crippen molar-refractivity contribution in [1.29, 1.82) is 0 Å². The minimum Gasteiger partial charge on any atom is -0.351 e. The van der Waals surface area contributed by atoms with Crippen molar-refractivity contribution < 1.29 is 8.91 Å². The molecule has 2 heterocycles. The van der Waals surface area contributed by atoms with Crippen LogP contribution in [0.1, 0.15) is 41.1 Å². The molecule has 0 bridgehead atoms. The van der Waals surface area contributed by atoms with Crippen LogP contribution in [-0.4, -0.2) is 15.3 Å². The molecule has 5 nitrogen and oxygen atoms in total. The normalized spacial score (nSPS) is 16.0. The van der Waals surface area contributed by atoms with Gasteiger partial charge in [-0.05, 0) is 75.3 Å². The van der Waals surface area contributed by atoms with Crippen LogP contribution >= 0.6 is 12.2 Å². The summed E-state index contributed by atoms with van der Waals surface area (Å²) < 4.78 is 19.8. The zero-order valence-corrected chi connectivity index (χ0v) is 20.8. The molecule has 7 heteroatoms. The summed E-state index contributed by atoms with van der Waals surface area (Å²) in [5, 5.41) is 8.24. The summed E-state index contributed by atoms with van der Waals surface area (Å²) in [7, 11) is 0. The Labute approximate surface area is 209 Å². The van der Waals surface area contributed by atoms with Gasteiger partial charge >= 0.3 is 0 Å². The third kappa shape index (κ3) is 4.35. The minimum atomic E-state index is -0.285. The molecule has 0 spiro atoms. The lowest BCUT2D eigenvalue weighted by Gasteiger charge is -2.37. The lowest BCUT2D eigenvalue weighted by Crippen LogP contribution is -2.46. The van der Waals surface area contributed by atoms with Gasteiger partial charge in [-0.2, -0.15) is 4.98 Å². The predicted molar refractivity (Wildman–Crippen MR) is 140 cm³/mol. The quantitative estimate of drug-likeness (QED) is 0.327. The van der Waals surface area contributed by atoms with Crippen molar-refractivity contribution in [3.63, 3.8) is 0 Å². The van der Waals surface area contributed by atoms with E-state index in [-0.39, 0.29) is 11.9 Å². The summed E-state index contributed by atoms with van der Waals surface area (Å²) in [5.74, 6) is 0.663. The first-order chi connectivity index (χ1) is 16.8. The summed E-state index contributed by atoms with van der Waals surface area (Å²) in [5.41, 5.74) is 7.15. The van der Waals surface area contributed by atoms with Crippen LogP contribution in [0, 0.1) is 26.6 Å². The van der Waals surface area contributed by atoms with Gasteiger partial charge in [0.05, 0.1) is 11.6 Å². The number of rotatable bonds is 4. The molecule has 0 amide bonds. The van der Waals surface area contributed by atoms with Crippen molar-refractivity contribution in [3.8, 4) is 11.4 Å². The fourth-order valence-electron chi connectivity index (χ4n) is 4.34. The van der Waals surface area contributed by atoms with Crippen LogP contribution in [0.5, 0.6) is 0 Å². The van der Waals surface area contributed by atoms with Gasteiger partial charge in [0.2, 0.25) is 5.82 Å². The number of benzene rings is 3. The zero-order chi connectivity index (χ0) is 24.7. The fourth-order valence-corrected chi connectivity index (χ4v) is 4.70. The van der Waals surface area contributed by atoms with Gasteiger partial charge in [-0.15, -0.1) is 0 Å². The van der Waals surface area contributed by atoms with E-state index in [9.17, 15) is 4.39 Å². The third-order valence-electron chi connectivity index (χ3n) is 6.23. The molecule has 0 radical (unpaired) electrons. The largest absolute Gasteiger partial charge is 0.351 e. The van der Waals surface area contributed by atoms with Crippen LogP contribution in [0.3, 0.4) is 0 Å². The van der Waals surface area contributed by atoms with Gasteiger partial charge in [0, 0.05) is 16.9 Å². The molecule has 1 aromatic heterocycles. The highest BCUT2D eigenvalue weighted by molar-refractivity contribution is 7.80. The maximum Gasteiger partial charge on any atom is 0.258 e. The summed E-state index contributed by atoms with van der Waals surface area (Å²) in [6, 6.07) is 20.9. The molecule has 1 atom stereocenters. The molecular weight excluding hydrogens is 459 g/mol. The lowest BCUT2D eigenvalue weighted by atomic mass is 9.94. The van der Waals surface area contributed by atoms with E-state index in [1.54, 1.807) is 19.1 Å². The molecule has 1 N–H and O–H groups in total. The Bertz CT molecular complexity index is 1460. The van der Waals surface area contributed by atoms with Crippen LogP contribution < -0.4 is 10.2 Å². The van der Waals surface area contributed by atoms with Crippen molar-refractivity contribution in [2.75, 3.05) is 4.90 Å². The van der Waals surface area contributed by atoms with Gasteiger partial charge < -0.3 is 9.84 Å². The molecule has 0 saturated heterocycles. The maximum atomic E-state index is 14.0. The van der Waals surface area contributed by atoms with Crippen molar-refractivity contribution in [2.24, 2.45) is 0 Å². The molecular formula is C28H25FN4OS. The topological polar surface area (TPSA) is 54.2 Å². The van der Waals surface area contributed by atoms with Crippen molar-refractivity contribution in [2.45, 2.75) is 33.7 Å². The number of halogens is 1. The molecule has 1 aliphatic rings. The Kier molecular flexibility index (Phi) is 5.94. The summed E-state index contributed by atoms with van der Waals surface area (Å²) in [6.45, 7) is 7.79. The molecule has 0 aliphatic carbocycles. The highest BCUT2D eigenvalue weighted by Gasteiger charge is 2.35. The highest BCUT2D eigenvalue weighted by Crippen LogP contribution is 2.39. The van der Waals surface area contributed by atoms with Crippen LogP contribution in [-0.2, 0) is 0 Å². The van der Waals surface area contributed by atoms with Crippen LogP contribution in [0.15, 0.2) is 77.0 Å². The van der Waals surface area contributed by atoms with Gasteiger partial charge in [0.25, 0.3) is 5.89 Å². The summed E-state index contributed by atoms with van der Waals surface area (Å²) in [6.07, 6.45) is 0. The number of hydrogen-bond donors (Lipinski definition) is 1. The number of hydrogen-bond acceptors (Lipinski definition) is 4. The summed E-state index contributed by atoms with van der Waals surface area (Å²) >= 11 is 5.78. The molecule has 0 saturated carbocycles. The number of anilines is 1. The zero-order valence-electron chi connectivity index (χ0n) is 20.0. The Morgan fingerprint density at radius 3 is 2.43 bits per heavy atom. The van der Waals surface area contributed by atoms with Crippen LogP contribution in [0.25, 0.3) is 17.0 Å². The van der Waals surface area contributed by atoms with E-state index in [4.69, 9.17) is 21.7 Å². The van der Waals surface area contributed by atoms with Gasteiger partial charge in [-0.3, -0.25) is 4.90 Å². The van der Waals surface area contributed by atoms with Crippen molar-refractivity contribution in [1.82, 2.24) is 15.5 Å². The second kappa shape index (κ2) is 9.07. The number of aromatic nitrogens is 2. The molecule has 5 rings (SSSR count). The fraction of sp³-hybridized carbons (Fsp3) is 0.179. The first kappa shape index (κ1) is 22.9. The number of nitrogens with one attached hydrogen (secondary N) is 1. The molecule has 0 fully saturated rings. The van der Waals surface area contributed by atoms with E-state index < -0.39 is 0 Å². The average molecular weight is 485 g/mol. The van der Waals surface area contributed by atoms with E-state index in [1.807, 2.05) is 43.0 Å². The molecule has 1 aliphatic heterocycles. The molecule has 176 valence electrons. The Balaban J connectivity index is 1.66. The van der Waals surface area contributed by atoms with E-state index in [0.29, 0.717) is 22.4 Å². The number of allylic oxidation sites excluding steroid dienone is 1. The SMILES string of the molecule is CC1=C(c2nc(-c3cccc(C)c3)no2)C(c2ccc(C)cc2)NC(=S)N1c1ccc(F)c(C)c1. The van der Waals surface area contributed by atoms with E-state index in [2.05, 4.69) is 41.7 Å². The smallest absolute Gasteiger partial charge is 0.258 e. The Hall–Kier alpha value is -3.84. The number of aryl methyl sites for hydroxylation is 3. The second-order valence-corrected chi connectivity index (χ2v) is 9.24. The van der Waals surface area contributed by atoms with Crippen LogP contribution in [0.4, 0.5) is 10.1 Å². The second-order valence-electron chi connectivity index (χ2n) is 8.85. The number of thiocarbonyl (C=S) groups is 1. The van der Waals surface area contributed by atoms with Crippen molar-refractivity contribution in [3.05, 3.63) is 106 Å². The van der Waals surface area contributed by atoms with Crippen molar-refractivity contribution >= 4 is 28.6 Å². The number of nitrogens with zero attached hydrogens (tertiary/aromatic N) is 3. The highest BCUT2D eigenvalue weighted by atomic mass is 32.1. The van der Waals surface area contributed by atoms with Gasteiger partial charge in [0.1, 0.15) is 5.82 Å². The molecule has 4 aromatic rings. The minimum absolute atomic E-state index is 0.260. The maximum absolute atomic E-state index is 14.0. The average Bonchev–Trinajstić information content (AvgIpc) is 3.31. The van der Waals surface area contributed by atoms with E-state index >= 15 is 0 Å². The first-order valence-corrected chi connectivity index (χ1v) is 11.8. The van der Waals surface area contributed by atoms with Gasteiger partial charge in [-0.25, -0.2) is 4.39 Å². The lowest BCUT2D eigenvalue weighted by molar-refractivity contribution is 0.404. The standard InChI is InChI=1S/C28H25FN4OS/c1-16-8-10-20(11-9-16)25-24(27-31-26(32-34-27)21-7-5-6-17(2)14-21)19(4)33(28(35)30-25)22-12-13-23(29)18(3)15-22/h5-15,25H,1-4H3,(H,30,35). The van der Waals surface area contributed by atoms with E-state index in [0.717, 1.165) is 39.2 Å². The monoisotopic (exact) mass is 484 g/mol. The molecule has 1 unspecified atom stereocenters. The van der Waals surface area contributed by atoms with E-state index in [1.165, 1.54) is 6.07 Å². The van der Waals surface area contributed by atoms with Gasteiger partial charge in [-0.1, -0.05) is 58.7 Å². The first-order valence-electron chi connectivity index (χ1n) is 11.4. The Morgan fingerprint density at radius 1 is 0.943 bits per heavy atom. The summed E-state index contributed by atoms with van der Waals surface area (Å²) in [4.78, 5) is 6.66. The van der Waals surface area contributed by atoms with Crippen LogP contribution in [0.2, 0.25) is 0 Å². The molecule has 35 heavy (non-hydrogen) atoms. The third-order valence-corrected chi connectivity index (χ3v) is 6.53. The van der Waals surface area contributed by atoms with Gasteiger partial charge in [0.15, 0.2) is 5.11 Å². The Morgan fingerprint density at radius 2 is 1.71 bits per heavy atom. The predicted octanol–water partition coefficient (Wildman–Crippen LogP) is 6.67. The molecule has 3 aromatic carbocycles.